The summed E-state index contributed by atoms with van der Waals surface area (Å²) >= 11 is 0. The van der Waals surface area contributed by atoms with E-state index in [1.54, 1.807) is 0 Å². The van der Waals surface area contributed by atoms with Crippen LogP contribution in [0.4, 0.5) is 0 Å². The molecule has 0 spiro atoms. The Morgan fingerprint density at radius 3 is 1.06 bits per heavy atom. The fourth-order valence-corrected chi connectivity index (χ4v) is 9.28. The Bertz CT molecular complexity index is 1300. The minimum Gasteiger partial charge on any atom is -0.462 e. The van der Waals surface area contributed by atoms with Crippen LogP contribution in [0.15, 0.2) is 0 Å². The first-order valence-corrected chi connectivity index (χ1v) is 27.9. The number of phosphoric acid groups is 3. The molecule has 0 aromatic carbocycles. The van der Waals surface area contributed by atoms with Gasteiger partial charge in [-0.2, -0.15) is 0 Å². The van der Waals surface area contributed by atoms with Crippen molar-refractivity contribution >= 4 is 35.4 Å². The molecule has 22 heteroatoms. The van der Waals surface area contributed by atoms with Crippen molar-refractivity contribution in [3.05, 3.63) is 0 Å². The number of carbonyl (C=O) groups is 2. The van der Waals surface area contributed by atoms with Gasteiger partial charge < -0.3 is 53.8 Å². The van der Waals surface area contributed by atoms with Crippen LogP contribution in [-0.2, 0) is 51.1 Å². The van der Waals surface area contributed by atoms with Crippen molar-refractivity contribution in [2.45, 2.75) is 236 Å². The highest BCUT2D eigenvalue weighted by atomic mass is 31.2. The molecule has 0 bridgehead atoms. The Morgan fingerprint density at radius 1 is 0.429 bits per heavy atom. The Kier molecular flexibility index (Phi) is 32.9. The van der Waals surface area contributed by atoms with Gasteiger partial charge in [0.1, 0.15) is 43.2 Å². The van der Waals surface area contributed by atoms with Crippen molar-refractivity contribution in [1.29, 1.82) is 0 Å². The second-order valence-electron chi connectivity index (χ2n) is 16.7. The standard InChI is InChI=1S/C41H81O19P3/c1-3-5-7-9-11-13-15-17-19-21-23-25-27-29-34(42)55-31-33(57-35(43)30-28-26-24-22-20-18-16-14-12-10-8-6-4-2)32-56-38-36(44)39(58-61(46,47)48)41(60-63(52,53)54)40(37(38)45)59-62(49,50)51/h33,36-41,44-45H,3-32H2,1-2H3,(H2,46,47,48)(H2,49,50,51)(H2,52,53,54)/t33?,36-,37?,38?,39+,40-,41?/m1/s1. The first-order chi connectivity index (χ1) is 29.8. The molecule has 1 aliphatic rings. The number of hydrogen-bond acceptors (Lipinski definition) is 13. The zero-order valence-electron chi connectivity index (χ0n) is 37.7. The summed E-state index contributed by atoms with van der Waals surface area (Å²) in [5, 5.41) is 22.1. The van der Waals surface area contributed by atoms with Gasteiger partial charge >= 0.3 is 35.4 Å². The molecule has 8 N–H and O–H groups in total. The number of carbonyl (C=O) groups excluding carboxylic acids is 2. The van der Waals surface area contributed by atoms with Crippen molar-refractivity contribution < 1.29 is 90.6 Å². The summed E-state index contributed by atoms with van der Waals surface area (Å²) in [6, 6.07) is 0. The summed E-state index contributed by atoms with van der Waals surface area (Å²) in [5.41, 5.74) is 0. The quantitative estimate of drug-likeness (QED) is 0.0164. The lowest BCUT2D eigenvalue weighted by atomic mass is 9.85. The highest BCUT2D eigenvalue weighted by Gasteiger charge is 2.57. The van der Waals surface area contributed by atoms with Crippen LogP contribution in [0.2, 0.25) is 0 Å². The second-order valence-corrected chi connectivity index (χ2v) is 20.3. The third-order valence-corrected chi connectivity index (χ3v) is 12.5. The van der Waals surface area contributed by atoms with Crippen LogP contribution in [-0.4, -0.2) is 107 Å². The van der Waals surface area contributed by atoms with Gasteiger partial charge in [0.05, 0.1) is 6.61 Å². The minimum absolute atomic E-state index is 0.00758. The molecule has 0 radical (unpaired) electrons. The molecule has 0 aromatic heterocycles. The molecule has 0 aromatic rings. The fourth-order valence-electron chi connectivity index (χ4n) is 7.60. The number of hydrogen-bond donors (Lipinski definition) is 8. The average molecular weight is 971 g/mol. The zero-order chi connectivity index (χ0) is 47.2. The third kappa shape index (κ3) is 31.7. The largest absolute Gasteiger partial charge is 0.470 e. The fraction of sp³-hybridized carbons (Fsp3) is 0.951. The first-order valence-electron chi connectivity index (χ1n) is 23.3. The Labute approximate surface area is 374 Å². The topological polar surface area (TPSA) is 303 Å². The summed E-state index contributed by atoms with van der Waals surface area (Å²) in [6.45, 7) is 3.13. The lowest BCUT2D eigenvalue weighted by molar-refractivity contribution is -0.232. The van der Waals surface area contributed by atoms with E-state index in [-0.39, 0.29) is 12.8 Å². The van der Waals surface area contributed by atoms with Crippen LogP contribution in [0.25, 0.3) is 0 Å². The van der Waals surface area contributed by atoms with E-state index in [9.17, 15) is 62.9 Å². The maximum absolute atomic E-state index is 13.0. The molecule has 1 aliphatic carbocycles. The summed E-state index contributed by atoms with van der Waals surface area (Å²) < 4.78 is 65.4. The van der Waals surface area contributed by atoms with Crippen LogP contribution in [0, 0.1) is 0 Å². The number of esters is 2. The van der Waals surface area contributed by atoms with Gasteiger partial charge in [-0.25, -0.2) is 13.7 Å². The number of unbranched alkanes of at least 4 members (excludes halogenated alkanes) is 24. The number of ether oxygens (including phenoxy) is 3. The Morgan fingerprint density at radius 2 is 0.730 bits per heavy atom. The highest BCUT2D eigenvalue weighted by Crippen LogP contribution is 2.50. The van der Waals surface area contributed by atoms with Gasteiger partial charge in [-0.05, 0) is 12.8 Å². The normalized spacial score (nSPS) is 21.4. The molecule has 0 aliphatic heterocycles. The maximum atomic E-state index is 13.0. The molecule has 1 fully saturated rings. The highest BCUT2D eigenvalue weighted by molar-refractivity contribution is 7.47. The zero-order valence-corrected chi connectivity index (χ0v) is 40.3. The monoisotopic (exact) mass is 970 g/mol. The predicted molar refractivity (Wildman–Crippen MR) is 234 cm³/mol. The van der Waals surface area contributed by atoms with E-state index in [0.29, 0.717) is 12.8 Å². The molecule has 0 amide bonds. The van der Waals surface area contributed by atoms with Crippen LogP contribution in [0.5, 0.6) is 0 Å². The molecule has 0 heterocycles. The lowest BCUT2D eigenvalue weighted by Gasteiger charge is -2.46. The third-order valence-electron chi connectivity index (χ3n) is 10.9. The number of phosphoric ester groups is 3. The van der Waals surface area contributed by atoms with E-state index in [2.05, 4.69) is 27.4 Å². The average Bonchev–Trinajstić information content (AvgIpc) is 3.19. The minimum atomic E-state index is -5.66. The molecular weight excluding hydrogens is 889 g/mol. The van der Waals surface area contributed by atoms with E-state index in [4.69, 9.17) is 14.2 Å². The maximum Gasteiger partial charge on any atom is 0.470 e. The van der Waals surface area contributed by atoms with Gasteiger partial charge in [-0.15, -0.1) is 0 Å². The molecule has 374 valence electrons. The van der Waals surface area contributed by atoms with Crippen LogP contribution < -0.4 is 0 Å². The molecule has 4 unspecified atom stereocenters. The van der Waals surface area contributed by atoms with Crippen LogP contribution in [0.1, 0.15) is 194 Å². The number of aliphatic hydroxyl groups is 2. The van der Waals surface area contributed by atoms with Crippen molar-refractivity contribution in [3.63, 3.8) is 0 Å². The summed E-state index contributed by atoms with van der Waals surface area (Å²) in [5.74, 6) is -1.26. The molecule has 7 atom stereocenters. The number of rotatable bonds is 40. The van der Waals surface area contributed by atoms with Crippen molar-refractivity contribution in [2.75, 3.05) is 13.2 Å². The van der Waals surface area contributed by atoms with Gasteiger partial charge in [0.2, 0.25) is 0 Å². The molecule has 19 nitrogen and oxygen atoms in total. The molecular formula is C41H81O19P3. The van der Waals surface area contributed by atoms with Gasteiger partial charge in [0.15, 0.2) is 6.10 Å². The number of aliphatic hydroxyl groups excluding tert-OH is 2. The smallest absolute Gasteiger partial charge is 0.462 e. The van der Waals surface area contributed by atoms with Crippen molar-refractivity contribution in [1.82, 2.24) is 0 Å². The van der Waals surface area contributed by atoms with E-state index in [0.717, 1.165) is 57.8 Å². The van der Waals surface area contributed by atoms with Crippen LogP contribution >= 0.6 is 23.5 Å². The van der Waals surface area contributed by atoms with Gasteiger partial charge in [0, 0.05) is 12.8 Å². The summed E-state index contributed by atoms with van der Waals surface area (Å²) in [7, 11) is -16.9. The Hall–Kier alpha value is -0.850. The second kappa shape index (κ2) is 34.4. The lowest BCUT2D eigenvalue weighted by Crippen LogP contribution is -2.66. The molecule has 63 heavy (non-hydrogen) atoms. The van der Waals surface area contributed by atoms with Gasteiger partial charge in [-0.1, -0.05) is 168 Å². The van der Waals surface area contributed by atoms with Gasteiger partial charge in [0.25, 0.3) is 0 Å². The molecule has 0 saturated heterocycles. The van der Waals surface area contributed by atoms with Crippen molar-refractivity contribution in [3.8, 4) is 0 Å². The Balaban J connectivity index is 2.86. The summed E-state index contributed by atoms with van der Waals surface area (Å²) in [4.78, 5) is 82.6. The van der Waals surface area contributed by atoms with E-state index >= 15 is 0 Å². The summed E-state index contributed by atoms with van der Waals surface area (Å²) in [6.07, 6.45) is 13.1. The van der Waals surface area contributed by atoms with Gasteiger partial charge in [-0.3, -0.25) is 23.2 Å². The molecule has 1 saturated carbocycles. The van der Waals surface area contributed by atoms with Crippen LogP contribution in [0.3, 0.4) is 0 Å². The van der Waals surface area contributed by atoms with E-state index < -0.39 is 91.3 Å². The van der Waals surface area contributed by atoms with Crippen molar-refractivity contribution in [2.24, 2.45) is 0 Å². The SMILES string of the molecule is CCCCCCCCCCCCCCCC(=O)OCC(COC1C(O)[C@@H](OP(=O)(O)O)C(OP(=O)(O)O)[C@@H](OP(=O)(O)O)[C@@H]1O)OC(=O)CCCCCCCCCCCCCCC. The first kappa shape index (κ1) is 60.2. The molecule has 1 rings (SSSR count). The van der Waals surface area contributed by atoms with E-state index in [1.165, 1.54) is 96.3 Å². The van der Waals surface area contributed by atoms with E-state index in [1.807, 2.05) is 0 Å². The predicted octanol–water partition coefficient (Wildman–Crippen LogP) is 7.96.